The van der Waals surface area contributed by atoms with Gasteiger partial charge in [-0.05, 0) is 19.1 Å². The van der Waals surface area contributed by atoms with E-state index in [4.69, 9.17) is 9.94 Å². The Kier molecular flexibility index (Phi) is 3.80. The molecule has 0 aliphatic carbocycles. The van der Waals surface area contributed by atoms with Crippen LogP contribution in [0.2, 0.25) is 0 Å². The number of rotatable bonds is 4. The van der Waals surface area contributed by atoms with E-state index in [0.29, 0.717) is 11.3 Å². The Morgan fingerprint density at radius 1 is 1.63 bits per heavy atom. The van der Waals surface area contributed by atoms with Crippen LogP contribution in [-0.2, 0) is 9.63 Å². The van der Waals surface area contributed by atoms with Gasteiger partial charge in [0, 0.05) is 18.5 Å². The van der Waals surface area contributed by atoms with Crippen LogP contribution in [0.5, 0.6) is 0 Å². The number of aliphatic hydroxyl groups is 1. The second-order valence-corrected chi connectivity index (χ2v) is 4.53. The quantitative estimate of drug-likeness (QED) is 0.847. The third-order valence-corrected chi connectivity index (χ3v) is 2.90. The number of benzene rings is 1. The van der Waals surface area contributed by atoms with E-state index in [-0.39, 0.29) is 31.3 Å². The van der Waals surface area contributed by atoms with Crippen molar-refractivity contribution in [2.75, 3.05) is 13.2 Å². The van der Waals surface area contributed by atoms with Crippen molar-refractivity contribution in [2.45, 2.75) is 18.9 Å². The number of hydrogen-bond acceptors (Lipinski definition) is 4. The van der Waals surface area contributed by atoms with E-state index >= 15 is 0 Å². The molecule has 1 aliphatic heterocycles. The Balaban J connectivity index is 2.08. The number of aliphatic hydroxyl groups excluding tert-OH is 1. The molecule has 0 aromatic heterocycles. The van der Waals surface area contributed by atoms with Crippen molar-refractivity contribution in [3.63, 3.8) is 0 Å². The second-order valence-electron chi connectivity index (χ2n) is 4.53. The van der Waals surface area contributed by atoms with Crippen LogP contribution >= 0.6 is 0 Å². The molecule has 102 valence electrons. The van der Waals surface area contributed by atoms with Gasteiger partial charge in [-0.15, -0.1) is 0 Å². The summed E-state index contributed by atoms with van der Waals surface area (Å²) < 4.78 is 13.1. The molecule has 1 aromatic rings. The zero-order chi connectivity index (χ0) is 13.9. The van der Waals surface area contributed by atoms with Crippen molar-refractivity contribution >= 4 is 11.6 Å². The lowest BCUT2D eigenvalue weighted by Crippen LogP contribution is -2.45. The highest BCUT2D eigenvalue weighted by Crippen LogP contribution is 2.26. The minimum atomic E-state index is -1.11. The minimum absolute atomic E-state index is 0.139. The van der Waals surface area contributed by atoms with Gasteiger partial charge in [0.1, 0.15) is 5.82 Å². The van der Waals surface area contributed by atoms with Gasteiger partial charge in [0.15, 0.2) is 0 Å². The van der Waals surface area contributed by atoms with Crippen LogP contribution < -0.4 is 5.32 Å². The van der Waals surface area contributed by atoms with E-state index in [1.807, 2.05) is 0 Å². The van der Waals surface area contributed by atoms with Crippen molar-refractivity contribution < 1.29 is 19.1 Å². The zero-order valence-electron chi connectivity index (χ0n) is 10.5. The average Bonchev–Trinajstić information content (AvgIpc) is 2.80. The summed E-state index contributed by atoms with van der Waals surface area (Å²) in [6.45, 7) is 1.63. The molecule has 0 fully saturated rings. The summed E-state index contributed by atoms with van der Waals surface area (Å²) in [5.41, 5.74) is 0.0106. The molecule has 0 radical (unpaired) electrons. The van der Waals surface area contributed by atoms with E-state index in [0.717, 1.165) is 0 Å². The van der Waals surface area contributed by atoms with Gasteiger partial charge in [0.2, 0.25) is 5.60 Å². The number of carbonyl (C=O) groups is 1. The van der Waals surface area contributed by atoms with E-state index in [2.05, 4.69) is 10.5 Å². The summed E-state index contributed by atoms with van der Waals surface area (Å²) in [6.07, 6.45) is 0.258. The minimum Gasteiger partial charge on any atom is -0.395 e. The predicted octanol–water partition coefficient (Wildman–Crippen LogP) is 0.817. The second kappa shape index (κ2) is 5.36. The Hall–Kier alpha value is -1.95. The maximum Gasteiger partial charge on any atom is 0.267 e. The summed E-state index contributed by atoms with van der Waals surface area (Å²) in [5.74, 6) is -0.713. The molecule has 5 nitrogen and oxygen atoms in total. The van der Waals surface area contributed by atoms with Crippen LogP contribution in [0.4, 0.5) is 4.39 Å². The molecule has 1 aromatic carbocycles. The van der Waals surface area contributed by atoms with Crippen molar-refractivity contribution in [1.82, 2.24) is 5.32 Å². The third kappa shape index (κ3) is 2.90. The molecule has 0 spiro atoms. The van der Waals surface area contributed by atoms with Crippen LogP contribution in [0.3, 0.4) is 0 Å². The van der Waals surface area contributed by atoms with Crippen molar-refractivity contribution in [3.05, 3.63) is 35.6 Å². The fourth-order valence-corrected chi connectivity index (χ4v) is 1.84. The molecule has 1 atom stereocenters. The summed E-state index contributed by atoms with van der Waals surface area (Å²) >= 11 is 0. The zero-order valence-corrected chi connectivity index (χ0v) is 10.5. The van der Waals surface area contributed by atoms with Gasteiger partial charge in [-0.1, -0.05) is 17.3 Å². The van der Waals surface area contributed by atoms with Gasteiger partial charge >= 0.3 is 0 Å². The first kappa shape index (κ1) is 13.5. The maximum absolute atomic E-state index is 13.1. The molecule has 0 saturated heterocycles. The standard InChI is InChI=1S/C13H15FN2O3/c1-13(12(18)15-5-6-17)8-11(16-19-13)9-3-2-4-10(14)7-9/h2-4,7,17H,5-6,8H2,1H3,(H,15,18). The van der Waals surface area contributed by atoms with Gasteiger partial charge in [-0.3, -0.25) is 4.79 Å². The molecule has 6 heteroatoms. The van der Waals surface area contributed by atoms with Crippen molar-refractivity contribution in [3.8, 4) is 0 Å². The molecule has 1 heterocycles. The van der Waals surface area contributed by atoms with Gasteiger partial charge in [0.25, 0.3) is 5.91 Å². The third-order valence-electron chi connectivity index (χ3n) is 2.90. The fraction of sp³-hybridized carbons (Fsp3) is 0.385. The highest BCUT2D eigenvalue weighted by atomic mass is 19.1. The number of nitrogens with one attached hydrogen (secondary N) is 1. The van der Waals surface area contributed by atoms with E-state index in [1.165, 1.54) is 12.1 Å². The summed E-state index contributed by atoms with van der Waals surface area (Å²) in [5, 5.41) is 15.1. The van der Waals surface area contributed by atoms with Crippen molar-refractivity contribution in [1.29, 1.82) is 0 Å². The molecule has 1 aliphatic rings. The Bertz CT molecular complexity index is 518. The largest absolute Gasteiger partial charge is 0.395 e. The van der Waals surface area contributed by atoms with E-state index in [1.54, 1.807) is 19.1 Å². The average molecular weight is 266 g/mol. The normalized spacial score (nSPS) is 21.7. The molecule has 0 saturated carbocycles. The first-order valence-electron chi connectivity index (χ1n) is 5.95. The fourth-order valence-electron chi connectivity index (χ4n) is 1.84. The van der Waals surface area contributed by atoms with Crippen LogP contribution in [-0.4, -0.2) is 35.5 Å². The van der Waals surface area contributed by atoms with Crippen LogP contribution in [0.25, 0.3) is 0 Å². The highest BCUT2D eigenvalue weighted by Gasteiger charge is 2.42. The van der Waals surface area contributed by atoms with Crippen LogP contribution in [0, 0.1) is 5.82 Å². The Labute approximate surface area is 110 Å². The molecule has 2 rings (SSSR count). The van der Waals surface area contributed by atoms with E-state index < -0.39 is 5.60 Å². The van der Waals surface area contributed by atoms with Gasteiger partial charge in [0.05, 0.1) is 12.3 Å². The molecule has 1 amide bonds. The molecule has 0 bridgehead atoms. The maximum atomic E-state index is 13.1. The first-order chi connectivity index (χ1) is 9.05. The monoisotopic (exact) mass is 266 g/mol. The highest BCUT2D eigenvalue weighted by molar-refractivity contribution is 6.05. The smallest absolute Gasteiger partial charge is 0.267 e. The molecule has 2 N–H and O–H groups in total. The lowest BCUT2D eigenvalue weighted by Gasteiger charge is -2.19. The molecular weight excluding hydrogens is 251 g/mol. The summed E-state index contributed by atoms with van der Waals surface area (Å²) in [4.78, 5) is 17.1. The lowest BCUT2D eigenvalue weighted by atomic mass is 9.95. The van der Waals surface area contributed by atoms with Gasteiger partial charge in [-0.25, -0.2) is 4.39 Å². The summed E-state index contributed by atoms with van der Waals surface area (Å²) in [6, 6.07) is 5.98. The number of nitrogens with zero attached hydrogens (tertiary/aromatic N) is 1. The lowest BCUT2D eigenvalue weighted by molar-refractivity contribution is -0.141. The number of amides is 1. The molecular formula is C13H15FN2O3. The molecule has 1 unspecified atom stereocenters. The number of oxime groups is 1. The Morgan fingerprint density at radius 2 is 2.42 bits per heavy atom. The SMILES string of the molecule is CC1(C(=O)NCCO)CC(c2cccc(F)c2)=NO1. The predicted molar refractivity (Wildman–Crippen MR) is 67.1 cm³/mol. The van der Waals surface area contributed by atoms with Gasteiger partial charge < -0.3 is 15.3 Å². The van der Waals surface area contributed by atoms with Crippen LogP contribution in [0.1, 0.15) is 18.9 Å². The first-order valence-corrected chi connectivity index (χ1v) is 5.95. The topological polar surface area (TPSA) is 70.9 Å². The molecule has 19 heavy (non-hydrogen) atoms. The van der Waals surface area contributed by atoms with Crippen LogP contribution in [0.15, 0.2) is 29.4 Å². The van der Waals surface area contributed by atoms with Gasteiger partial charge in [-0.2, -0.15) is 0 Å². The Morgan fingerprint density at radius 3 is 3.11 bits per heavy atom. The number of halogens is 1. The number of hydrogen-bond donors (Lipinski definition) is 2. The van der Waals surface area contributed by atoms with E-state index in [9.17, 15) is 9.18 Å². The van der Waals surface area contributed by atoms with Crippen molar-refractivity contribution in [2.24, 2.45) is 5.16 Å². The summed E-state index contributed by atoms with van der Waals surface area (Å²) in [7, 11) is 0. The number of carbonyl (C=O) groups excluding carboxylic acids is 1.